The maximum atomic E-state index is 6.43. The minimum Gasteiger partial charge on any atom is -0.454 e. The molecule has 0 N–H and O–H groups in total. The molecule has 1 saturated heterocycles. The summed E-state index contributed by atoms with van der Waals surface area (Å²) < 4.78 is 16.8. The quantitative estimate of drug-likeness (QED) is 0.605. The van der Waals surface area contributed by atoms with Gasteiger partial charge < -0.3 is 18.8 Å². The van der Waals surface area contributed by atoms with Gasteiger partial charge in [0.25, 0.3) is 0 Å². The number of rotatable bonds is 4. The SMILES string of the molecule is Cc1cnc(C)c(N2CCN(Cc3nc(-c4cc5c(cc4Cl)OCO5)oc3C)CC2)n1. The first-order chi connectivity index (χ1) is 15.0. The molecule has 2 aliphatic rings. The van der Waals surface area contributed by atoms with Gasteiger partial charge in [0.2, 0.25) is 12.7 Å². The third kappa shape index (κ3) is 3.93. The molecule has 3 aromatic rings. The lowest BCUT2D eigenvalue weighted by molar-refractivity contribution is 0.174. The van der Waals surface area contributed by atoms with Crippen molar-refractivity contribution in [1.82, 2.24) is 19.9 Å². The number of hydrogen-bond acceptors (Lipinski definition) is 8. The van der Waals surface area contributed by atoms with Crippen LogP contribution in [0.1, 0.15) is 22.8 Å². The summed E-state index contributed by atoms with van der Waals surface area (Å²) in [6, 6.07) is 3.57. The summed E-state index contributed by atoms with van der Waals surface area (Å²) in [5.74, 6) is 3.58. The highest BCUT2D eigenvalue weighted by Crippen LogP contribution is 2.41. The van der Waals surface area contributed by atoms with Crippen LogP contribution in [0.2, 0.25) is 5.02 Å². The second-order valence-electron chi connectivity index (χ2n) is 7.89. The number of piperazine rings is 1. The Bertz CT molecular complexity index is 1120. The maximum absolute atomic E-state index is 6.43. The van der Waals surface area contributed by atoms with E-state index in [2.05, 4.69) is 19.8 Å². The molecule has 1 aromatic carbocycles. The predicted octanol–water partition coefficient (Wildman–Crippen LogP) is 3.76. The second-order valence-corrected chi connectivity index (χ2v) is 8.30. The van der Waals surface area contributed by atoms with Gasteiger partial charge in [-0.3, -0.25) is 9.88 Å². The summed E-state index contributed by atoms with van der Waals surface area (Å²) in [6.07, 6.45) is 1.81. The Morgan fingerprint density at radius 3 is 2.52 bits per heavy atom. The largest absolute Gasteiger partial charge is 0.454 e. The van der Waals surface area contributed by atoms with Crippen LogP contribution in [-0.4, -0.2) is 52.8 Å². The summed E-state index contributed by atoms with van der Waals surface area (Å²) in [4.78, 5) is 18.5. The van der Waals surface area contributed by atoms with Crippen LogP contribution in [0.15, 0.2) is 22.7 Å². The van der Waals surface area contributed by atoms with Crippen LogP contribution in [0.3, 0.4) is 0 Å². The lowest BCUT2D eigenvalue weighted by Gasteiger charge is -2.35. The molecule has 0 amide bonds. The molecule has 0 bridgehead atoms. The first kappa shape index (κ1) is 20.1. The zero-order valence-corrected chi connectivity index (χ0v) is 18.6. The van der Waals surface area contributed by atoms with E-state index in [1.54, 1.807) is 6.07 Å². The number of anilines is 1. The first-order valence-corrected chi connectivity index (χ1v) is 10.7. The fourth-order valence-corrected chi connectivity index (χ4v) is 4.16. The average molecular weight is 442 g/mol. The third-order valence-electron chi connectivity index (χ3n) is 5.68. The van der Waals surface area contributed by atoms with Gasteiger partial charge in [-0.15, -0.1) is 0 Å². The van der Waals surface area contributed by atoms with E-state index in [9.17, 15) is 0 Å². The van der Waals surface area contributed by atoms with Crippen molar-refractivity contribution in [3.63, 3.8) is 0 Å². The number of aromatic nitrogens is 3. The zero-order chi connectivity index (χ0) is 21.5. The number of nitrogens with zero attached hydrogens (tertiary/aromatic N) is 5. The number of benzene rings is 1. The molecule has 0 unspecified atom stereocenters. The lowest BCUT2D eigenvalue weighted by Crippen LogP contribution is -2.46. The molecule has 0 saturated carbocycles. The Morgan fingerprint density at radius 1 is 1.00 bits per heavy atom. The summed E-state index contributed by atoms with van der Waals surface area (Å²) in [6.45, 7) is 10.5. The molecule has 0 atom stereocenters. The van der Waals surface area contributed by atoms with E-state index >= 15 is 0 Å². The number of oxazole rings is 1. The van der Waals surface area contributed by atoms with Crippen molar-refractivity contribution in [2.45, 2.75) is 27.3 Å². The van der Waals surface area contributed by atoms with Gasteiger partial charge in [-0.25, -0.2) is 9.97 Å². The normalized spacial score (nSPS) is 16.2. The Balaban J connectivity index is 1.28. The number of aryl methyl sites for hydroxylation is 3. The Hall–Kier alpha value is -2.84. The van der Waals surface area contributed by atoms with E-state index < -0.39 is 0 Å². The second kappa shape index (κ2) is 8.01. The van der Waals surface area contributed by atoms with Gasteiger partial charge in [0, 0.05) is 45.0 Å². The number of fused-ring (bicyclic) bond motifs is 1. The van der Waals surface area contributed by atoms with E-state index in [1.807, 2.05) is 33.0 Å². The van der Waals surface area contributed by atoms with Crippen molar-refractivity contribution in [2.24, 2.45) is 0 Å². The highest BCUT2D eigenvalue weighted by Gasteiger charge is 2.24. The van der Waals surface area contributed by atoms with Crippen LogP contribution in [-0.2, 0) is 6.54 Å². The molecular formula is C22H24ClN5O3. The Morgan fingerprint density at radius 2 is 1.74 bits per heavy atom. The molecule has 1 fully saturated rings. The monoisotopic (exact) mass is 441 g/mol. The van der Waals surface area contributed by atoms with Crippen LogP contribution < -0.4 is 14.4 Å². The summed E-state index contributed by atoms with van der Waals surface area (Å²) >= 11 is 6.43. The van der Waals surface area contributed by atoms with E-state index in [-0.39, 0.29) is 6.79 Å². The molecule has 0 spiro atoms. The standard InChI is InChI=1S/C22H24ClN5O3/c1-13-10-24-14(2)21(25-13)28-6-4-27(5-7-28)11-18-15(3)31-22(26-18)16-8-19-20(9-17(16)23)30-12-29-19/h8-10H,4-7,11-12H2,1-3H3. The molecule has 162 valence electrons. The van der Waals surface area contributed by atoms with Gasteiger partial charge in [-0.2, -0.15) is 0 Å². The molecule has 2 aliphatic heterocycles. The van der Waals surface area contributed by atoms with E-state index in [0.717, 1.165) is 61.4 Å². The van der Waals surface area contributed by atoms with Crippen LogP contribution >= 0.6 is 11.6 Å². The van der Waals surface area contributed by atoms with Gasteiger partial charge in [0.05, 0.1) is 27.7 Å². The lowest BCUT2D eigenvalue weighted by atomic mass is 10.2. The number of halogens is 1. The number of ether oxygens (including phenoxy) is 2. The molecular weight excluding hydrogens is 418 g/mol. The summed E-state index contributed by atoms with van der Waals surface area (Å²) in [7, 11) is 0. The third-order valence-corrected chi connectivity index (χ3v) is 5.99. The summed E-state index contributed by atoms with van der Waals surface area (Å²) in [5.41, 5.74) is 3.54. The minimum absolute atomic E-state index is 0.199. The predicted molar refractivity (Wildman–Crippen MR) is 117 cm³/mol. The zero-order valence-electron chi connectivity index (χ0n) is 17.8. The van der Waals surface area contributed by atoms with Crippen molar-refractivity contribution >= 4 is 17.4 Å². The molecule has 0 aliphatic carbocycles. The van der Waals surface area contributed by atoms with Crippen molar-refractivity contribution in [1.29, 1.82) is 0 Å². The molecule has 5 rings (SSSR count). The van der Waals surface area contributed by atoms with Gasteiger partial charge in [-0.05, 0) is 26.8 Å². The van der Waals surface area contributed by atoms with Crippen LogP contribution in [0, 0.1) is 20.8 Å². The molecule has 0 radical (unpaired) electrons. The Kier molecular flexibility index (Phi) is 5.19. The van der Waals surface area contributed by atoms with Gasteiger partial charge in [0.1, 0.15) is 11.6 Å². The smallest absolute Gasteiger partial charge is 0.231 e. The minimum atomic E-state index is 0.199. The molecule has 9 heteroatoms. The van der Waals surface area contributed by atoms with E-state index in [4.69, 9.17) is 30.5 Å². The van der Waals surface area contributed by atoms with E-state index in [0.29, 0.717) is 28.0 Å². The maximum Gasteiger partial charge on any atom is 0.231 e. The van der Waals surface area contributed by atoms with Crippen LogP contribution in [0.25, 0.3) is 11.5 Å². The Labute approximate surface area is 185 Å². The number of hydrogen-bond donors (Lipinski definition) is 0. The fraction of sp³-hybridized carbons (Fsp3) is 0.409. The molecule has 8 nitrogen and oxygen atoms in total. The van der Waals surface area contributed by atoms with Crippen LogP contribution in [0.4, 0.5) is 5.82 Å². The van der Waals surface area contributed by atoms with Crippen molar-refractivity contribution in [2.75, 3.05) is 37.9 Å². The molecule has 4 heterocycles. The molecule has 31 heavy (non-hydrogen) atoms. The fourth-order valence-electron chi connectivity index (χ4n) is 3.92. The van der Waals surface area contributed by atoms with Crippen LogP contribution in [0.5, 0.6) is 11.5 Å². The average Bonchev–Trinajstić information content (AvgIpc) is 3.36. The topological polar surface area (TPSA) is 76.8 Å². The highest BCUT2D eigenvalue weighted by atomic mass is 35.5. The van der Waals surface area contributed by atoms with Crippen molar-refractivity contribution < 1.29 is 13.9 Å². The van der Waals surface area contributed by atoms with E-state index in [1.165, 1.54) is 0 Å². The summed E-state index contributed by atoms with van der Waals surface area (Å²) in [5, 5.41) is 0.528. The van der Waals surface area contributed by atoms with Crippen molar-refractivity contribution in [3.05, 3.63) is 46.2 Å². The van der Waals surface area contributed by atoms with Crippen molar-refractivity contribution in [3.8, 4) is 23.0 Å². The molecule has 2 aromatic heterocycles. The first-order valence-electron chi connectivity index (χ1n) is 10.3. The van der Waals surface area contributed by atoms with Gasteiger partial charge in [-0.1, -0.05) is 11.6 Å². The highest BCUT2D eigenvalue weighted by molar-refractivity contribution is 6.33. The van der Waals surface area contributed by atoms with Gasteiger partial charge >= 0.3 is 0 Å². The van der Waals surface area contributed by atoms with Gasteiger partial charge in [0.15, 0.2) is 11.5 Å².